The van der Waals surface area contributed by atoms with Crippen molar-refractivity contribution in [1.29, 1.82) is 0 Å². The minimum atomic E-state index is -0.995. The first kappa shape index (κ1) is 14.4. The molecule has 6 nitrogen and oxygen atoms in total. The van der Waals surface area contributed by atoms with Gasteiger partial charge in [0, 0.05) is 0 Å². The third-order valence-electron chi connectivity index (χ3n) is 1.75. The summed E-state index contributed by atoms with van der Waals surface area (Å²) >= 11 is 0. The van der Waals surface area contributed by atoms with Crippen LogP contribution in [0.2, 0.25) is 0 Å². The van der Waals surface area contributed by atoms with Crippen LogP contribution in [0, 0.1) is 0 Å². The molecule has 0 spiro atoms. The number of hydrogen-bond donors (Lipinski definition) is 1. The topological polar surface area (TPSA) is 81.7 Å². The Morgan fingerprint density at radius 1 is 1.06 bits per heavy atom. The fraction of sp³-hybridized carbons (Fsp3) is 0.700. The lowest BCUT2D eigenvalue weighted by atomic mass is 10.2. The average Bonchev–Trinajstić information content (AvgIpc) is 2.26. The van der Waals surface area contributed by atoms with Crippen molar-refractivity contribution in [2.24, 2.45) is 0 Å². The first-order valence-electron chi connectivity index (χ1n) is 5.20. The molecule has 0 saturated heterocycles. The van der Waals surface area contributed by atoms with Gasteiger partial charge in [-0.25, -0.2) is 9.59 Å². The Labute approximate surface area is 94.3 Å². The van der Waals surface area contributed by atoms with Crippen molar-refractivity contribution in [3.8, 4) is 0 Å². The van der Waals surface area contributed by atoms with E-state index in [0.29, 0.717) is 6.42 Å². The van der Waals surface area contributed by atoms with Gasteiger partial charge in [-0.1, -0.05) is 6.92 Å². The number of hydrogen-bond acceptors (Lipinski definition) is 5. The molecule has 0 aromatic heterocycles. The lowest BCUT2D eigenvalue weighted by Crippen LogP contribution is -2.44. The SMILES string of the molecule is CCOC(=O)C(=O)N[C@@H](CC)C(=O)OCC. The number of esters is 2. The van der Waals surface area contributed by atoms with Gasteiger partial charge < -0.3 is 14.8 Å². The fourth-order valence-corrected chi connectivity index (χ4v) is 0.984. The summed E-state index contributed by atoms with van der Waals surface area (Å²) in [6.45, 7) is 5.30. The number of nitrogens with one attached hydrogen (secondary N) is 1. The summed E-state index contributed by atoms with van der Waals surface area (Å²) in [7, 11) is 0. The van der Waals surface area contributed by atoms with Crippen molar-refractivity contribution in [3.05, 3.63) is 0 Å². The molecule has 1 amide bonds. The summed E-state index contributed by atoms with van der Waals surface area (Å²) in [5.74, 6) is -2.48. The first-order valence-corrected chi connectivity index (χ1v) is 5.20. The Morgan fingerprint density at radius 2 is 1.62 bits per heavy atom. The number of rotatable bonds is 5. The molecule has 0 fully saturated rings. The Morgan fingerprint density at radius 3 is 2.06 bits per heavy atom. The van der Waals surface area contributed by atoms with Crippen LogP contribution in [-0.4, -0.2) is 37.1 Å². The fourth-order valence-electron chi connectivity index (χ4n) is 0.984. The van der Waals surface area contributed by atoms with Crippen molar-refractivity contribution in [2.45, 2.75) is 33.2 Å². The van der Waals surface area contributed by atoms with E-state index in [4.69, 9.17) is 4.74 Å². The maximum atomic E-state index is 11.3. The normalized spacial score (nSPS) is 11.4. The van der Waals surface area contributed by atoms with Gasteiger partial charge in [0.2, 0.25) is 0 Å². The molecule has 0 bridgehead atoms. The molecule has 0 rings (SSSR count). The third-order valence-corrected chi connectivity index (χ3v) is 1.75. The number of amides is 1. The standard InChI is InChI=1S/C10H17NO5/c1-4-7(9(13)15-5-2)11-8(12)10(14)16-6-3/h7H,4-6H2,1-3H3,(H,11,12)/t7-/m0/s1. The lowest BCUT2D eigenvalue weighted by Gasteiger charge is -2.14. The van der Waals surface area contributed by atoms with Crippen LogP contribution < -0.4 is 5.32 Å². The van der Waals surface area contributed by atoms with Crippen LogP contribution in [-0.2, 0) is 23.9 Å². The molecule has 0 unspecified atom stereocenters. The quantitative estimate of drug-likeness (QED) is 0.532. The van der Waals surface area contributed by atoms with Crippen molar-refractivity contribution >= 4 is 17.8 Å². The predicted octanol–water partition coefficient (Wildman–Crippen LogP) is 0.00740. The van der Waals surface area contributed by atoms with Gasteiger partial charge in [-0.3, -0.25) is 4.79 Å². The average molecular weight is 231 g/mol. The lowest BCUT2D eigenvalue weighted by molar-refractivity contribution is -0.156. The Bertz CT molecular complexity index is 264. The minimum absolute atomic E-state index is 0.114. The highest BCUT2D eigenvalue weighted by molar-refractivity contribution is 6.32. The van der Waals surface area contributed by atoms with E-state index >= 15 is 0 Å². The molecular weight excluding hydrogens is 214 g/mol. The van der Waals surface area contributed by atoms with E-state index in [2.05, 4.69) is 10.1 Å². The van der Waals surface area contributed by atoms with Gasteiger partial charge >= 0.3 is 17.8 Å². The summed E-state index contributed by atoms with van der Waals surface area (Å²) in [4.78, 5) is 33.5. The van der Waals surface area contributed by atoms with Gasteiger partial charge in [-0.15, -0.1) is 0 Å². The molecule has 92 valence electrons. The Kier molecular flexibility index (Phi) is 6.91. The van der Waals surface area contributed by atoms with Crippen LogP contribution in [0.4, 0.5) is 0 Å². The zero-order valence-electron chi connectivity index (χ0n) is 9.74. The molecule has 6 heteroatoms. The summed E-state index contributed by atoms with van der Waals surface area (Å²) < 4.78 is 9.22. The Hall–Kier alpha value is -1.59. The van der Waals surface area contributed by atoms with Crippen LogP contribution in [0.3, 0.4) is 0 Å². The van der Waals surface area contributed by atoms with Gasteiger partial charge in [0.1, 0.15) is 6.04 Å². The molecule has 0 aliphatic heterocycles. The summed E-state index contributed by atoms with van der Waals surface area (Å²) in [5.41, 5.74) is 0. The number of ether oxygens (including phenoxy) is 2. The zero-order chi connectivity index (χ0) is 12.6. The maximum Gasteiger partial charge on any atom is 0.396 e. The molecule has 0 aliphatic rings. The largest absolute Gasteiger partial charge is 0.464 e. The van der Waals surface area contributed by atoms with Gasteiger partial charge in [-0.2, -0.15) is 0 Å². The van der Waals surface area contributed by atoms with Crippen LogP contribution in [0.1, 0.15) is 27.2 Å². The van der Waals surface area contributed by atoms with E-state index in [1.54, 1.807) is 20.8 Å². The first-order chi connectivity index (χ1) is 7.56. The molecule has 0 heterocycles. The van der Waals surface area contributed by atoms with Crippen molar-refractivity contribution in [1.82, 2.24) is 5.32 Å². The minimum Gasteiger partial charge on any atom is -0.464 e. The second kappa shape index (κ2) is 7.67. The third kappa shape index (κ3) is 4.77. The molecular formula is C10H17NO5. The second-order valence-electron chi connectivity index (χ2n) is 2.91. The number of carbonyl (C=O) groups excluding carboxylic acids is 3. The molecule has 16 heavy (non-hydrogen) atoms. The van der Waals surface area contributed by atoms with Crippen molar-refractivity contribution in [2.75, 3.05) is 13.2 Å². The van der Waals surface area contributed by atoms with E-state index in [9.17, 15) is 14.4 Å². The van der Waals surface area contributed by atoms with Crippen LogP contribution >= 0.6 is 0 Å². The van der Waals surface area contributed by atoms with Gasteiger partial charge in [0.25, 0.3) is 0 Å². The monoisotopic (exact) mass is 231 g/mol. The van der Waals surface area contributed by atoms with E-state index < -0.39 is 23.9 Å². The predicted molar refractivity (Wildman–Crippen MR) is 55.5 cm³/mol. The van der Waals surface area contributed by atoms with Crippen molar-refractivity contribution in [3.63, 3.8) is 0 Å². The molecule has 0 aliphatic carbocycles. The maximum absolute atomic E-state index is 11.3. The summed E-state index contributed by atoms with van der Waals surface area (Å²) in [6, 6.07) is -0.808. The molecule has 1 N–H and O–H groups in total. The van der Waals surface area contributed by atoms with E-state index in [1.807, 2.05) is 0 Å². The summed E-state index contributed by atoms with van der Waals surface area (Å²) in [6.07, 6.45) is 0.351. The van der Waals surface area contributed by atoms with E-state index in [1.165, 1.54) is 0 Å². The molecule has 1 atom stereocenters. The molecule has 0 aromatic carbocycles. The van der Waals surface area contributed by atoms with Crippen LogP contribution in [0.5, 0.6) is 0 Å². The molecule has 0 saturated carbocycles. The second-order valence-corrected chi connectivity index (χ2v) is 2.91. The van der Waals surface area contributed by atoms with Gasteiger partial charge in [0.05, 0.1) is 13.2 Å². The number of carbonyl (C=O) groups is 3. The van der Waals surface area contributed by atoms with E-state index in [-0.39, 0.29) is 13.2 Å². The zero-order valence-corrected chi connectivity index (χ0v) is 9.74. The Balaban J connectivity index is 4.26. The highest BCUT2D eigenvalue weighted by atomic mass is 16.5. The van der Waals surface area contributed by atoms with Gasteiger partial charge in [-0.05, 0) is 20.3 Å². The smallest absolute Gasteiger partial charge is 0.396 e. The van der Waals surface area contributed by atoms with Crippen molar-refractivity contribution < 1.29 is 23.9 Å². The molecule has 0 aromatic rings. The molecule has 0 radical (unpaired) electrons. The van der Waals surface area contributed by atoms with E-state index in [0.717, 1.165) is 0 Å². The van der Waals surface area contributed by atoms with Gasteiger partial charge in [0.15, 0.2) is 0 Å². The van der Waals surface area contributed by atoms with Crippen LogP contribution in [0.25, 0.3) is 0 Å². The highest BCUT2D eigenvalue weighted by Gasteiger charge is 2.24. The van der Waals surface area contributed by atoms with Crippen LogP contribution in [0.15, 0.2) is 0 Å². The summed E-state index contributed by atoms with van der Waals surface area (Å²) in [5, 5.41) is 2.25. The highest BCUT2D eigenvalue weighted by Crippen LogP contribution is 1.95.